The molecule has 10 nitrogen and oxygen atoms in total. The van der Waals surface area contributed by atoms with Crippen LogP contribution in [0.3, 0.4) is 0 Å². The van der Waals surface area contributed by atoms with E-state index in [0.29, 0.717) is 16.9 Å². The summed E-state index contributed by atoms with van der Waals surface area (Å²) in [7, 11) is 1.13. The first kappa shape index (κ1) is 22.4. The molecular weight excluding hydrogens is 423 g/mol. The Bertz CT molecular complexity index is 1120. The Labute approximate surface area is 181 Å². The maximum atomic E-state index is 13.6. The smallest absolute Gasteiger partial charge is 0.330 e. The number of nitrogens with one attached hydrogen (secondary N) is 3. The molecule has 0 fully saturated rings. The van der Waals surface area contributed by atoms with E-state index in [1.807, 2.05) is 0 Å². The van der Waals surface area contributed by atoms with Crippen molar-refractivity contribution in [2.45, 2.75) is 6.04 Å². The number of amides is 3. The van der Waals surface area contributed by atoms with Gasteiger partial charge in [0, 0.05) is 17.3 Å². The second-order valence-corrected chi connectivity index (χ2v) is 6.44. The summed E-state index contributed by atoms with van der Waals surface area (Å²) in [5, 5.41) is 20.2. The van der Waals surface area contributed by atoms with Crippen LogP contribution in [0.15, 0.2) is 59.1 Å². The lowest BCUT2D eigenvalue weighted by molar-refractivity contribution is -0.143. The van der Waals surface area contributed by atoms with Gasteiger partial charge in [0.1, 0.15) is 11.5 Å². The van der Waals surface area contributed by atoms with Crippen LogP contribution in [0.5, 0.6) is 0 Å². The molecule has 0 saturated heterocycles. The predicted molar refractivity (Wildman–Crippen MR) is 111 cm³/mol. The number of benzene rings is 2. The third-order valence-corrected chi connectivity index (χ3v) is 4.27. The molecular formula is C21H19FN4O6. The molecule has 0 bridgehead atoms. The standard InChI is InChI=1S/C21H19FN4O6/c1-31-20(29)17(11-27)24-19(28)18-10-16(26-32-18)12-6-8-13(9-7-12)23-21(30)25-15-5-3-2-4-14(15)22/h2-10,17,27H,11H2,1H3,(H,24,28)(H2,23,25,30). The lowest BCUT2D eigenvalue weighted by Crippen LogP contribution is -2.43. The van der Waals surface area contributed by atoms with E-state index in [-0.39, 0.29) is 11.4 Å². The molecule has 1 unspecified atom stereocenters. The monoisotopic (exact) mass is 442 g/mol. The number of urea groups is 1. The summed E-state index contributed by atoms with van der Waals surface area (Å²) in [5.41, 5.74) is 1.40. The minimum absolute atomic E-state index is 0.0469. The minimum atomic E-state index is -1.23. The Balaban J connectivity index is 1.62. The average Bonchev–Trinajstić information content (AvgIpc) is 3.29. The molecule has 1 heterocycles. The molecule has 2 aromatic carbocycles. The van der Waals surface area contributed by atoms with Crippen LogP contribution in [0.25, 0.3) is 11.3 Å². The van der Waals surface area contributed by atoms with Crippen LogP contribution in [0.2, 0.25) is 0 Å². The Morgan fingerprint density at radius 1 is 1.12 bits per heavy atom. The van der Waals surface area contributed by atoms with Crippen molar-refractivity contribution in [2.24, 2.45) is 0 Å². The summed E-state index contributed by atoms with van der Waals surface area (Å²) in [6, 6.07) is 11.7. The van der Waals surface area contributed by atoms with Crippen molar-refractivity contribution in [2.75, 3.05) is 24.4 Å². The molecule has 0 aliphatic rings. The van der Waals surface area contributed by atoms with Gasteiger partial charge in [0.05, 0.1) is 19.4 Å². The van der Waals surface area contributed by atoms with Crippen LogP contribution in [0.1, 0.15) is 10.6 Å². The van der Waals surface area contributed by atoms with Crippen molar-refractivity contribution in [1.29, 1.82) is 0 Å². The van der Waals surface area contributed by atoms with E-state index in [0.717, 1.165) is 7.11 Å². The number of aromatic nitrogens is 1. The number of carbonyl (C=O) groups excluding carboxylic acids is 3. The van der Waals surface area contributed by atoms with E-state index in [2.05, 4.69) is 25.8 Å². The van der Waals surface area contributed by atoms with E-state index >= 15 is 0 Å². The van der Waals surface area contributed by atoms with E-state index in [1.54, 1.807) is 30.3 Å². The van der Waals surface area contributed by atoms with Gasteiger partial charge in [0.25, 0.3) is 5.91 Å². The zero-order chi connectivity index (χ0) is 23.1. The molecule has 0 saturated carbocycles. The van der Waals surface area contributed by atoms with Gasteiger partial charge < -0.3 is 30.3 Å². The van der Waals surface area contributed by atoms with Gasteiger partial charge in [-0.1, -0.05) is 29.4 Å². The van der Waals surface area contributed by atoms with Gasteiger partial charge in [-0.2, -0.15) is 0 Å². The third kappa shape index (κ3) is 5.46. The molecule has 0 radical (unpaired) electrons. The highest BCUT2D eigenvalue weighted by molar-refractivity contribution is 6.00. The van der Waals surface area contributed by atoms with Gasteiger partial charge in [-0.25, -0.2) is 14.0 Å². The van der Waals surface area contributed by atoms with Gasteiger partial charge in [0.2, 0.25) is 5.76 Å². The van der Waals surface area contributed by atoms with Crippen LogP contribution < -0.4 is 16.0 Å². The van der Waals surface area contributed by atoms with Crippen LogP contribution in [0.4, 0.5) is 20.6 Å². The zero-order valence-electron chi connectivity index (χ0n) is 16.8. The van der Waals surface area contributed by atoms with Gasteiger partial charge in [-0.15, -0.1) is 0 Å². The first-order valence-electron chi connectivity index (χ1n) is 9.30. The van der Waals surface area contributed by atoms with E-state index in [4.69, 9.17) is 4.52 Å². The Kier molecular flexibility index (Phi) is 7.13. The number of para-hydroxylation sites is 1. The summed E-state index contributed by atoms with van der Waals surface area (Å²) >= 11 is 0. The van der Waals surface area contributed by atoms with Gasteiger partial charge in [0.15, 0.2) is 6.04 Å². The number of hydrogen-bond acceptors (Lipinski definition) is 7. The van der Waals surface area contributed by atoms with E-state index in [9.17, 15) is 23.9 Å². The number of aliphatic hydroxyl groups excluding tert-OH is 1. The molecule has 4 N–H and O–H groups in total. The van der Waals surface area contributed by atoms with Crippen molar-refractivity contribution in [3.63, 3.8) is 0 Å². The number of carbonyl (C=O) groups is 3. The minimum Gasteiger partial charge on any atom is -0.467 e. The molecule has 1 atom stereocenters. The van der Waals surface area contributed by atoms with Gasteiger partial charge in [-0.05, 0) is 24.3 Å². The molecule has 0 aliphatic carbocycles. The summed E-state index contributed by atoms with van der Waals surface area (Å²) in [6.07, 6.45) is 0. The molecule has 11 heteroatoms. The Morgan fingerprint density at radius 2 is 1.84 bits per heavy atom. The van der Waals surface area contributed by atoms with Crippen molar-refractivity contribution in [1.82, 2.24) is 10.5 Å². The first-order chi connectivity index (χ1) is 15.4. The predicted octanol–water partition coefficient (Wildman–Crippen LogP) is 2.39. The zero-order valence-corrected chi connectivity index (χ0v) is 16.8. The number of esters is 1. The number of aliphatic hydroxyl groups is 1. The number of methoxy groups -OCH3 is 1. The molecule has 32 heavy (non-hydrogen) atoms. The quantitative estimate of drug-likeness (QED) is 0.412. The number of ether oxygens (including phenoxy) is 1. The maximum absolute atomic E-state index is 13.6. The lowest BCUT2D eigenvalue weighted by Gasteiger charge is -2.12. The van der Waals surface area contributed by atoms with Crippen molar-refractivity contribution < 1.29 is 33.1 Å². The highest BCUT2D eigenvalue weighted by Gasteiger charge is 2.23. The highest BCUT2D eigenvalue weighted by atomic mass is 19.1. The van der Waals surface area contributed by atoms with Crippen LogP contribution >= 0.6 is 0 Å². The molecule has 1 aromatic heterocycles. The molecule has 3 rings (SSSR count). The van der Waals surface area contributed by atoms with Crippen LogP contribution in [0, 0.1) is 5.82 Å². The summed E-state index contributed by atoms with van der Waals surface area (Å²) in [5.74, 6) is -2.28. The lowest BCUT2D eigenvalue weighted by atomic mass is 10.1. The normalized spacial score (nSPS) is 11.3. The summed E-state index contributed by atoms with van der Waals surface area (Å²) in [4.78, 5) is 35.7. The topological polar surface area (TPSA) is 143 Å². The molecule has 166 valence electrons. The second-order valence-electron chi connectivity index (χ2n) is 6.44. The number of halogens is 1. The van der Waals surface area contributed by atoms with E-state index < -0.39 is 36.4 Å². The highest BCUT2D eigenvalue weighted by Crippen LogP contribution is 2.22. The average molecular weight is 442 g/mol. The third-order valence-electron chi connectivity index (χ3n) is 4.27. The van der Waals surface area contributed by atoms with Crippen molar-refractivity contribution >= 4 is 29.3 Å². The fourth-order valence-electron chi connectivity index (χ4n) is 2.64. The van der Waals surface area contributed by atoms with Crippen LogP contribution in [-0.4, -0.2) is 47.9 Å². The summed E-state index contributed by atoms with van der Waals surface area (Å²) in [6.45, 7) is -0.641. The number of nitrogens with zero attached hydrogens (tertiary/aromatic N) is 1. The van der Waals surface area contributed by atoms with E-state index in [1.165, 1.54) is 24.3 Å². The molecule has 3 amide bonds. The number of hydrogen-bond donors (Lipinski definition) is 4. The number of rotatable bonds is 7. The molecule has 0 aliphatic heterocycles. The largest absolute Gasteiger partial charge is 0.467 e. The maximum Gasteiger partial charge on any atom is 0.330 e. The number of anilines is 2. The fraction of sp³-hybridized carbons (Fsp3) is 0.143. The van der Waals surface area contributed by atoms with Crippen molar-refractivity contribution in [3.05, 3.63) is 66.2 Å². The Morgan fingerprint density at radius 3 is 2.50 bits per heavy atom. The first-order valence-corrected chi connectivity index (χ1v) is 9.30. The van der Waals surface area contributed by atoms with Crippen molar-refractivity contribution in [3.8, 4) is 11.3 Å². The van der Waals surface area contributed by atoms with Gasteiger partial charge in [-0.3, -0.25) is 4.79 Å². The SMILES string of the molecule is COC(=O)C(CO)NC(=O)c1cc(-c2ccc(NC(=O)Nc3ccccc3F)cc2)no1. The molecule has 3 aromatic rings. The summed E-state index contributed by atoms with van der Waals surface area (Å²) < 4.78 is 23.1. The second kappa shape index (κ2) is 10.2. The Hall–Kier alpha value is -4.25. The molecule has 0 spiro atoms. The fourth-order valence-corrected chi connectivity index (χ4v) is 2.64. The van der Waals surface area contributed by atoms with Gasteiger partial charge >= 0.3 is 12.0 Å². The van der Waals surface area contributed by atoms with Crippen LogP contribution in [-0.2, 0) is 9.53 Å².